The predicted octanol–water partition coefficient (Wildman–Crippen LogP) is 3.99. The number of hydrogen-bond donors (Lipinski definition) is 2. The van der Waals surface area contributed by atoms with E-state index >= 15 is 0 Å². The van der Waals surface area contributed by atoms with Crippen LogP contribution in [0.25, 0.3) is 0 Å². The molecule has 0 spiro atoms. The number of hydrogen-bond acceptors (Lipinski definition) is 2. The molecule has 0 atom stereocenters. The van der Waals surface area contributed by atoms with Crippen molar-refractivity contribution < 1.29 is 22.8 Å². The van der Waals surface area contributed by atoms with Crippen molar-refractivity contribution in [3.63, 3.8) is 0 Å². The van der Waals surface area contributed by atoms with E-state index in [1.807, 2.05) is 0 Å². The Morgan fingerprint density at radius 3 is 2.38 bits per heavy atom. The minimum atomic E-state index is -4.51. The zero-order valence-electron chi connectivity index (χ0n) is 12.2. The highest BCUT2D eigenvalue weighted by molar-refractivity contribution is 9.10. The third kappa shape index (κ3) is 5.09. The molecule has 24 heavy (non-hydrogen) atoms. The molecular formula is C16H12BrF3N2O2. The average molecular weight is 401 g/mol. The van der Waals surface area contributed by atoms with Crippen LogP contribution in [-0.4, -0.2) is 24.5 Å². The van der Waals surface area contributed by atoms with Crippen molar-refractivity contribution in [2.45, 2.75) is 6.18 Å². The Bertz CT molecular complexity index is 763. The summed E-state index contributed by atoms with van der Waals surface area (Å²) in [4.78, 5) is 24.1. The SMILES string of the molecule is O=C(Nc1ccccc1C(=O)NCC(F)(F)F)c1cccc(Br)c1. The molecule has 0 saturated carbocycles. The molecule has 0 unspecified atom stereocenters. The monoisotopic (exact) mass is 400 g/mol. The summed E-state index contributed by atoms with van der Waals surface area (Å²) >= 11 is 3.24. The van der Waals surface area contributed by atoms with Gasteiger partial charge < -0.3 is 10.6 Å². The van der Waals surface area contributed by atoms with Crippen LogP contribution in [0.1, 0.15) is 20.7 Å². The molecule has 0 bridgehead atoms. The molecule has 0 aromatic heterocycles. The van der Waals surface area contributed by atoms with E-state index in [2.05, 4.69) is 21.2 Å². The Labute approximate surface area is 144 Å². The van der Waals surface area contributed by atoms with Crippen LogP contribution in [0.15, 0.2) is 53.0 Å². The van der Waals surface area contributed by atoms with Gasteiger partial charge in [0, 0.05) is 10.0 Å². The quantitative estimate of drug-likeness (QED) is 0.814. The molecule has 8 heteroatoms. The molecule has 0 saturated heterocycles. The normalized spacial score (nSPS) is 11.0. The second-order valence-corrected chi connectivity index (χ2v) is 5.72. The Hall–Kier alpha value is -2.35. The van der Waals surface area contributed by atoms with Gasteiger partial charge in [0.05, 0.1) is 11.3 Å². The number of nitrogens with one attached hydrogen (secondary N) is 2. The lowest BCUT2D eigenvalue weighted by atomic mass is 10.1. The molecule has 0 radical (unpaired) electrons. The molecule has 2 rings (SSSR count). The summed E-state index contributed by atoms with van der Waals surface area (Å²) in [5.74, 6) is -1.40. The first-order valence-corrected chi connectivity index (χ1v) is 7.56. The smallest absolute Gasteiger partial charge is 0.343 e. The number of anilines is 1. The third-order valence-corrected chi connectivity index (χ3v) is 3.45. The number of rotatable bonds is 4. The number of halogens is 4. The van der Waals surface area contributed by atoms with Crippen molar-refractivity contribution >= 4 is 33.4 Å². The molecular weight excluding hydrogens is 389 g/mol. The maximum absolute atomic E-state index is 12.2. The summed E-state index contributed by atoms with van der Waals surface area (Å²) in [5.41, 5.74) is 0.419. The van der Waals surface area contributed by atoms with Crippen molar-refractivity contribution in [3.8, 4) is 0 Å². The van der Waals surface area contributed by atoms with Crippen LogP contribution >= 0.6 is 15.9 Å². The van der Waals surface area contributed by atoms with Crippen LogP contribution < -0.4 is 10.6 Å². The van der Waals surface area contributed by atoms with Crippen molar-refractivity contribution in [1.82, 2.24) is 5.32 Å². The summed E-state index contributed by atoms with van der Waals surface area (Å²) in [6, 6.07) is 12.4. The van der Waals surface area contributed by atoms with Crippen LogP contribution in [0.4, 0.5) is 18.9 Å². The zero-order chi connectivity index (χ0) is 17.7. The second kappa shape index (κ2) is 7.48. The highest BCUT2D eigenvalue weighted by Crippen LogP contribution is 2.19. The van der Waals surface area contributed by atoms with Gasteiger partial charge in [-0.15, -0.1) is 0 Å². The zero-order valence-corrected chi connectivity index (χ0v) is 13.7. The van der Waals surface area contributed by atoms with E-state index in [4.69, 9.17) is 0 Å². The molecule has 2 amide bonds. The first-order chi connectivity index (χ1) is 11.3. The number of amides is 2. The maximum Gasteiger partial charge on any atom is 0.405 e. The molecule has 0 heterocycles. The minimum absolute atomic E-state index is 0.0508. The lowest BCUT2D eigenvalue weighted by Gasteiger charge is -2.12. The van der Waals surface area contributed by atoms with Gasteiger partial charge in [-0.3, -0.25) is 9.59 Å². The van der Waals surface area contributed by atoms with Gasteiger partial charge in [-0.2, -0.15) is 13.2 Å². The summed E-state index contributed by atoms with van der Waals surface area (Å²) in [6.07, 6.45) is -4.51. The van der Waals surface area contributed by atoms with Crippen LogP contribution in [0.5, 0.6) is 0 Å². The largest absolute Gasteiger partial charge is 0.405 e. The first kappa shape index (κ1) is 18.0. The van der Waals surface area contributed by atoms with Gasteiger partial charge in [0.1, 0.15) is 6.54 Å². The molecule has 126 valence electrons. The van der Waals surface area contributed by atoms with E-state index in [0.717, 1.165) is 0 Å². The summed E-state index contributed by atoms with van der Waals surface area (Å²) in [5, 5.41) is 4.31. The van der Waals surface area contributed by atoms with Crippen molar-refractivity contribution in [2.75, 3.05) is 11.9 Å². The van der Waals surface area contributed by atoms with Gasteiger partial charge in [0.25, 0.3) is 11.8 Å². The lowest BCUT2D eigenvalue weighted by molar-refractivity contribution is -0.123. The van der Waals surface area contributed by atoms with E-state index in [-0.39, 0.29) is 11.3 Å². The molecule has 0 aliphatic carbocycles. The Morgan fingerprint density at radius 2 is 1.71 bits per heavy atom. The van der Waals surface area contributed by atoms with Crippen LogP contribution in [0, 0.1) is 0 Å². The highest BCUT2D eigenvalue weighted by atomic mass is 79.9. The van der Waals surface area contributed by atoms with Gasteiger partial charge in [0.15, 0.2) is 0 Å². The lowest BCUT2D eigenvalue weighted by Crippen LogP contribution is -2.34. The molecule has 2 aromatic carbocycles. The highest BCUT2D eigenvalue weighted by Gasteiger charge is 2.28. The molecule has 4 nitrogen and oxygen atoms in total. The summed E-state index contributed by atoms with van der Waals surface area (Å²) in [6.45, 7) is -1.44. The first-order valence-electron chi connectivity index (χ1n) is 6.77. The number of carbonyl (C=O) groups is 2. The Morgan fingerprint density at radius 1 is 1.00 bits per heavy atom. The van der Waals surface area contributed by atoms with Crippen LogP contribution in [-0.2, 0) is 0 Å². The molecule has 0 aliphatic heterocycles. The van der Waals surface area contributed by atoms with Gasteiger partial charge in [0.2, 0.25) is 0 Å². The number of benzene rings is 2. The fraction of sp³-hybridized carbons (Fsp3) is 0.125. The van der Waals surface area contributed by atoms with E-state index in [0.29, 0.717) is 10.0 Å². The number of para-hydroxylation sites is 1. The number of alkyl halides is 3. The summed E-state index contributed by atoms with van der Waals surface area (Å²) in [7, 11) is 0. The predicted molar refractivity (Wildman–Crippen MR) is 86.9 cm³/mol. The van der Waals surface area contributed by atoms with Gasteiger partial charge >= 0.3 is 6.18 Å². The summed E-state index contributed by atoms with van der Waals surface area (Å²) < 4.78 is 37.3. The van der Waals surface area contributed by atoms with E-state index < -0.39 is 24.5 Å². The minimum Gasteiger partial charge on any atom is -0.343 e. The average Bonchev–Trinajstić information content (AvgIpc) is 2.52. The fourth-order valence-corrected chi connectivity index (χ4v) is 2.29. The van der Waals surface area contributed by atoms with Crippen molar-refractivity contribution in [3.05, 3.63) is 64.1 Å². The fourth-order valence-electron chi connectivity index (χ4n) is 1.89. The molecule has 0 aliphatic rings. The molecule has 0 fully saturated rings. The van der Waals surface area contributed by atoms with Crippen LogP contribution in [0.2, 0.25) is 0 Å². The Kier molecular flexibility index (Phi) is 5.61. The van der Waals surface area contributed by atoms with E-state index in [1.165, 1.54) is 18.2 Å². The van der Waals surface area contributed by atoms with E-state index in [1.54, 1.807) is 35.6 Å². The van der Waals surface area contributed by atoms with Gasteiger partial charge in [-0.1, -0.05) is 34.1 Å². The third-order valence-electron chi connectivity index (χ3n) is 2.96. The molecule has 2 aromatic rings. The van der Waals surface area contributed by atoms with Crippen molar-refractivity contribution in [1.29, 1.82) is 0 Å². The van der Waals surface area contributed by atoms with E-state index in [9.17, 15) is 22.8 Å². The molecule has 2 N–H and O–H groups in total. The second-order valence-electron chi connectivity index (χ2n) is 4.81. The maximum atomic E-state index is 12.2. The van der Waals surface area contributed by atoms with Gasteiger partial charge in [-0.05, 0) is 30.3 Å². The van der Waals surface area contributed by atoms with Crippen molar-refractivity contribution in [2.24, 2.45) is 0 Å². The topological polar surface area (TPSA) is 58.2 Å². The number of carbonyl (C=O) groups excluding carboxylic acids is 2. The Balaban J connectivity index is 2.16. The van der Waals surface area contributed by atoms with Crippen LogP contribution in [0.3, 0.4) is 0 Å². The van der Waals surface area contributed by atoms with Gasteiger partial charge in [-0.25, -0.2) is 0 Å². The standard InChI is InChI=1S/C16H12BrF3N2O2/c17-11-5-3-4-10(8-11)14(23)22-13-7-2-1-6-12(13)15(24)21-9-16(18,19)20/h1-8H,9H2,(H,21,24)(H,22,23).